The van der Waals surface area contributed by atoms with Gasteiger partial charge in [0.2, 0.25) is 5.78 Å². The molecule has 2 N–H and O–H groups in total. The Labute approximate surface area is 116 Å². The summed E-state index contributed by atoms with van der Waals surface area (Å²) in [5.41, 5.74) is 6.20. The Bertz CT molecular complexity index is 574. The molecule has 0 radical (unpaired) electrons. The summed E-state index contributed by atoms with van der Waals surface area (Å²) >= 11 is 6.03. The van der Waals surface area contributed by atoms with Gasteiger partial charge in [0, 0.05) is 25.8 Å². The van der Waals surface area contributed by atoms with Crippen molar-refractivity contribution in [3.63, 3.8) is 0 Å². The number of hydrogen-bond acceptors (Lipinski definition) is 4. The second-order valence-corrected chi connectivity index (χ2v) is 4.59. The summed E-state index contributed by atoms with van der Waals surface area (Å²) < 4.78 is 3.40. The number of aromatic nitrogens is 4. The van der Waals surface area contributed by atoms with Crippen molar-refractivity contribution in [1.82, 2.24) is 19.3 Å². The van der Waals surface area contributed by atoms with Gasteiger partial charge in [0.1, 0.15) is 11.4 Å². The molecule has 2 aromatic rings. The number of nitrogens with two attached hydrogens (primary N) is 1. The van der Waals surface area contributed by atoms with E-state index in [0.717, 1.165) is 6.42 Å². The highest BCUT2D eigenvalue weighted by atomic mass is 35.5. The van der Waals surface area contributed by atoms with E-state index in [1.807, 2.05) is 6.92 Å². The molecule has 0 saturated heterocycles. The van der Waals surface area contributed by atoms with Crippen LogP contribution in [0.25, 0.3) is 0 Å². The highest BCUT2D eigenvalue weighted by Crippen LogP contribution is 2.18. The van der Waals surface area contributed by atoms with Crippen LogP contribution in [-0.2, 0) is 13.1 Å². The van der Waals surface area contributed by atoms with Crippen molar-refractivity contribution in [2.45, 2.75) is 26.4 Å². The van der Waals surface area contributed by atoms with Gasteiger partial charge in [-0.05, 0) is 6.42 Å². The van der Waals surface area contributed by atoms with Gasteiger partial charge in [-0.2, -0.15) is 5.10 Å². The fraction of sp³-hybridized carbons (Fsp3) is 0.417. The lowest BCUT2D eigenvalue weighted by molar-refractivity contribution is 0.102. The van der Waals surface area contributed by atoms with Crippen LogP contribution in [0.1, 0.15) is 29.5 Å². The Balaban J connectivity index is 2.29. The Kier molecular flexibility index (Phi) is 4.34. The molecule has 0 amide bonds. The van der Waals surface area contributed by atoms with Crippen LogP contribution in [0.2, 0.25) is 5.02 Å². The smallest absolute Gasteiger partial charge is 0.232 e. The number of hydrogen-bond donors (Lipinski definition) is 1. The molecule has 0 aromatic carbocycles. The number of nitrogens with zero attached hydrogens (tertiary/aromatic N) is 4. The highest BCUT2D eigenvalue weighted by molar-refractivity contribution is 6.34. The third-order valence-corrected chi connectivity index (χ3v) is 2.98. The Hall–Kier alpha value is -1.66. The van der Waals surface area contributed by atoms with Crippen molar-refractivity contribution < 1.29 is 4.79 Å². The van der Waals surface area contributed by atoms with Gasteiger partial charge < -0.3 is 10.3 Å². The first kappa shape index (κ1) is 13.8. The lowest BCUT2D eigenvalue weighted by Crippen LogP contribution is -2.12. The third-order valence-electron chi connectivity index (χ3n) is 2.70. The van der Waals surface area contributed by atoms with Crippen LogP contribution in [0.5, 0.6) is 0 Å². The second-order valence-electron chi connectivity index (χ2n) is 4.18. The number of imidazole rings is 1. The Morgan fingerprint density at radius 1 is 1.47 bits per heavy atom. The molecule has 0 spiro atoms. The first-order chi connectivity index (χ1) is 9.17. The average Bonchev–Trinajstić information content (AvgIpc) is 2.98. The monoisotopic (exact) mass is 281 g/mol. The van der Waals surface area contributed by atoms with Crippen LogP contribution in [0.15, 0.2) is 18.7 Å². The van der Waals surface area contributed by atoms with E-state index in [4.69, 9.17) is 17.3 Å². The predicted octanol–water partition coefficient (Wildman–Crippen LogP) is 1.33. The molecule has 0 aliphatic heterocycles. The summed E-state index contributed by atoms with van der Waals surface area (Å²) in [4.78, 5) is 16.5. The van der Waals surface area contributed by atoms with Gasteiger partial charge in [-0.15, -0.1) is 0 Å². The fourth-order valence-corrected chi connectivity index (χ4v) is 2.07. The van der Waals surface area contributed by atoms with Crippen molar-refractivity contribution >= 4 is 17.4 Å². The summed E-state index contributed by atoms with van der Waals surface area (Å²) in [6, 6.07) is 0. The lowest BCUT2D eigenvalue weighted by Gasteiger charge is -2.04. The minimum atomic E-state index is -0.216. The van der Waals surface area contributed by atoms with Gasteiger partial charge >= 0.3 is 0 Å². The molecule has 102 valence electrons. The molecule has 2 aromatic heterocycles. The molecule has 0 saturated carbocycles. The van der Waals surface area contributed by atoms with Gasteiger partial charge in [-0.25, -0.2) is 4.98 Å². The Morgan fingerprint density at radius 3 is 2.95 bits per heavy atom. The van der Waals surface area contributed by atoms with Crippen LogP contribution in [0.4, 0.5) is 0 Å². The summed E-state index contributed by atoms with van der Waals surface area (Å²) in [7, 11) is 0. The van der Waals surface area contributed by atoms with E-state index in [1.54, 1.807) is 21.8 Å². The van der Waals surface area contributed by atoms with E-state index in [1.165, 1.54) is 6.20 Å². The lowest BCUT2D eigenvalue weighted by atomic mass is 10.2. The average molecular weight is 282 g/mol. The zero-order chi connectivity index (χ0) is 13.8. The third kappa shape index (κ3) is 2.85. The molecule has 2 heterocycles. The van der Waals surface area contributed by atoms with Crippen molar-refractivity contribution in [2.75, 3.05) is 6.54 Å². The topological polar surface area (TPSA) is 78.7 Å². The maximum atomic E-state index is 12.4. The van der Waals surface area contributed by atoms with Crippen molar-refractivity contribution in [3.8, 4) is 0 Å². The van der Waals surface area contributed by atoms with Gasteiger partial charge in [0.15, 0.2) is 0 Å². The van der Waals surface area contributed by atoms with Crippen LogP contribution < -0.4 is 5.73 Å². The fourth-order valence-electron chi connectivity index (χ4n) is 1.84. The Morgan fingerprint density at radius 2 is 2.26 bits per heavy atom. The molecule has 0 aliphatic rings. The number of carbonyl (C=O) groups is 1. The number of halogens is 1. The van der Waals surface area contributed by atoms with Crippen molar-refractivity contribution in [1.29, 1.82) is 0 Å². The predicted molar refractivity (Wildman–Crippen MR) is 72.2 cm³/mol. The van der Waals surface area contributed by atoms with Crippen LogP contribution in [0, 0.1) is 0 Å². The van der Waals surface area contributed by atoms with Crippen LogP contribution in [0.3, 0.4) is 0 Å². The van der Waals surface area contributed by atoms with Gasteiger partial charge in [0.05, 0.1) is 17.5 Å². The molecular weight excluding hydrogens is 266 g/mol. The summed E-state index contributed by atoms with van der Waals surface area (Å²) in [6.07, 6.45) is 5.63. The van der Waals surface area contributed by atoms with Crippen molar-refractivity contribution in [2.24, 2.45) is 5.73 Å². The minimum absolute atomic E-state index is 0.216. The summed E-state index contributed by atoms with van der Waals surface area (Å²) in [5.74, 6) is -0.216. The second kappa shape index (κ2) is 5.99. The number of ketones is 1. The quantitative estimate of drug-likeness (QED) is 0.810. The van der Waals surface area contributed by atoms with Crippen molar-refractivity contribution in [3.05, 3.63) is 35.1 Å². The molecule has 0 aliphatic carbocycles. The van der Waals surface area contributed by atoms with Gasteiger partial charge in [0.25, 0.3) is 0 Å². The van der Waals surface area contributed by atoms with E-state index in [2.05, 4.69) is 10.1 Å². The van der Waals surface area contributed by atoms with E-state index >= 15 is 0 Å². The number of aryl methyl sites for hydroxylation is 1. The maximum absolute atomic E-state index is 12.4. The first-order valence-corrected chi connectivity index (χ1v) is 6.53. The summed E-state index contributed by atoms with van der Waals surface area (Å²) in [6.45, 7) is 3.79. The maximum Gasteiger partial charge on any atom is 0.232 e. The SMILES string of the molecule is CCCn1ncc(Cl)c1C(=O)c1cn(CCN)cn1. The molecule has 6 nitrogen and oxygen atoms in total. The molecule has 7 heteroatoms. The van der Waals surface area contributed by atoms with Crippen LogP contribution in [-0.4, -0.2) is 31.7 Å². The minimum Gasteiger partial charge on any atom is -0.335 e. The standard InChI is InChI=1S/C12H16ClN5O/c1-2-4-18-11(9(13)6-16-18)12(19)10-7-17(5-3-14)8-15-10/h6-8H,2-5,14H2,1H3. The number of rotatable bonds is 6. The molecule has 0 fully saturated rings. The van der Waals surface area contributed by atoms with Crippen LogP contribution >= 0.6 is 11.6 Å². The van der Waals surface area contributed by atoms with E-state index in [-0.39, 0.29) is 5.78 Å². The van der Waals surface area contributed by atoms with E-state index < -0.39 is 0 Å². The molecule has 0 unspecified atom stereocenters. The zero-order valence-corrected chi connectivity index (χ0v) is 11.5. The van der Waals surface area contributed by atoms with Gasteiger partial charge in [-0.3, -0.25) is 9.48 Å². The zero-order valence-electron chi connectivity index (χ0n) is 10.7. The number of carbonyl (C=O) groups excluding carboxylic acids is 1. The van der Waals surface area contributed by atoms with E-state index in [0.29, 0.717) is 36.0 Å². The normalized spacial score (nSPS) is 10.9. The highest BCUT2D eigenvalue weighted by Gasteiger charge is 2.20. The molecule has 19 heavy (non-hydrogen) atoms. The largest absolute Gasteiger partial charge is 0.335 e. The molecular formula is C12H16ClN5O. The molecule has 2 rings (SSSR count). The van der Waals surface area contributed by atoms with E-state index in [9.17, 15) is 4.79 Å². The molecule has 0 bridgehead atoms. The summed E-state index contributed by atoms with van der Waals surface area (Å²) in [5, 5.41) is 4.46. The first-order valence-electron chi connectivity index (χ1n) is 6.15. The molecule has 0 atom stereocenters. The van der Waals surface area contributed by atoms with Gasteiger partial charge in [-0.1, -0.05) is 18.5 Å².